The number of rotatable bonds is 8. The predicted molar refractivity (Wildman–Crippen MR) is 120 cm³/mol. The Morgan fingerprint density at radius 2 is 1.91 bits per heavy atom. The van der Waals surface area contributed by atoms with Crippen LogP contribution in [0.1, 0.15) is 53.0 Å². The first-order chi connectivity index (χ1) is 15.0. The van der Waals surface area contributed by atoms with E-state index in [1.54, 1.807) is 34.6 Å². The lowest BCUT2D eigenvalue weighted by molar-refractivity contribution is -0.169. The van der Waals surface area contributed by atoms with Crippen molar-refractivity contribution in [2.45, 2.75) is 77.8 Å². The summed E-state index contributed by atoms with van der Waals surface area (Å²) in [4.78, 5) is 25.1. The molecule has 1 saturated heterocycles. The Kier molecular flexibility index (Phi) is 10.1. The number of hydrogen-bond donors (Lipinski definition) is 1. The summed E-state index contributed by atoms with van der Waals surface area (Å²) in [6.45, 7) is 9.66. The molecular formula is C25H38O7. The van der Waals surface area contributed by atoms with E-state index in [2.05, 4.69) is 0 Å². The van der Waals surface area contributed by atoms with E-state index in [9.17, 15) is 14.7 Å². The maximum Gasteiger partial charge on any atom is 0.312 e. The summed E-state index contributed by atoms with van der Waals surface area (Å²) in [6, 6.07) is 10.0. The minimum atomic E-state index is -0.735. The number of cyclic esters (lactones) is 1. The molecule has 1 aliphatic rings. The number of aliphatic hydroxyl groups is 1. The molecule has 0 aliphatic carbocycles. The Balaban J connectivity index is 2.14. The van der Waals surface area contributed by atoms with Crippen molar-refractivity contribution in [3.63, 3.8) is 0 Å². The fourth-order valence-corrected chi connectivity index (χ4v) is 3.72. The third-order valence-electron chi connectivity index (χ3n) is 5.23. The Morgan fingerprint density at radius 3 is 2.53 bits per heavy atom. The van der Waals surface area contributed by atoms with Gasteiger partial charge in [-0.05, 0) is 53.0 Å². The highest BCUT2D eigenvalue weighted by Gasteiger charge is 2.36. The van der Waals surface area contributed by atoms with Crippen LogP contribution in [0.3, 0.4) is 0 Å². The SMILES string of the molecule is CC(O)CCO[C@@H]1[C@@H](Cc2ccccc2)COC[C@H](CC(=O)OC(C)(C)C)C(=O)O[C@H]1C. The van der Waals surface area contributed by atoms with Crippen molar-refractivity contribution in [2.75, 3.05) is 19.8 Å². The molecule has 0 spiro atoms. The maximum atomic E-state index is 12.8. The number of aliphatic hydroxyl groups excluding tert-OH is 1. The zero-order valence-corrected chi connectivity index (χ0v) is 19.9. The van der Waals surface area contributed by atoms with Crippen LogP contribution in [-0.2, 0) is 35.0 Å². The van der Waals surface area contributed by atoms with E-state index in [0.717, 1.165) is 5.56 Å². The first kappa shape index (κ1) is 26.3. The first-order valence-electron chi connectivity index (χ1n) is 11.4. The minimum Gasteiger partial charge on any atom is -0.460 e. The number of ether oxygens (including phenoxy) is 4. The number of carbonyl (C=O) groups is 2. The van der Waals surface area contributed by atoms with Gasteiger partial charge in [-0.3, -0.25) is 9.59 Å². The van der Waals surface area contributed by atoms with Gasteiger partial charge in [0.1, 0.15) is 11.7 Å². The lowest BCUT2D eigenvalue weighted by atomic mass is 9.91. The average molecular weight is 451 g/mol. The van der Waals surface area contributed by atoms with Crippen molar-refractivity contribution in [1.29, 1.82) is 0 Å². The molecule has 0 saturated carbocycles. The second kappa shape index (κ2) is 12.3. The highest BCUT2D eigenvalue weighted by Crippen LogP contribution is 2.25. The third-order valence-corrected chi connectivity index (χ3v) is 5.23. The van der Waals surface area contributed by atoms with Gasteiger partial charge in [-0.15, -0.1) is 0 Å². The second-order valence-electron chi connectivity index (χ2n) is 9.59. The molecule has 1 unspecified atom stereocenters. The molecule has 1 aliphatic heterocycles. The van der Waals surface area contributed by atoms with Crippen molar-refractivity contribution in [1.82, 2.24) is 0 Å². The van der Waals surface area contributed by atoms with Gasteiger partial charge < -0.3 is 24.1 Å². The van der Waals surface area contributed by atoms with Crippen LogP contribution in [-0.4, -0.2) is 60.8 Å². The van der Waals surface area contributed by atoms with E-state index in [1.807, 2.05) is 30.3 Å². The summed E-state index contributed by atoms with van der Waals surface area (Å²) < 4.78 is 23.1. The molecule has 1 aromatic carbocycles. The summed E-state index contributed by atoms with van der Waals surface area (Å²) in [5, 5.41) is 9.60. The number of hydrogen-bond acceptors (Lipinski definition) is 7. The summed E-state index contributed by atoms with van der Waals surface area (Å²) in [7, 11) is 0. The van der Waals surface area contributed by atoms with Crippen LogP contribution in [0.2, 0.25) is 0 Å². The quantitative estimate of drug-likeness (QED) is 0.608. The fourth-order valence-electron chi connectivity index (χ4n) is 3.72. The van der Waals surface area contributed by atoms with Crippen LogP contribution in [0.15, 0.2) is 30.3 Å². The van der Waals surface area contributed by atoms with Gasteiger partial charge in [0.25, 0.3) is 0 Å². The molecule has 0 amide bonds. The van der Waals surface area contributed by atoms with E-state index in [-0.39, 0.29) is 18.9 Å². The topological polar surface area (TPSA) is 91.3 Å². The highest BCUT2D eigenvalue weighted by molar-refractivity contribution is 5.80. The molecule has 5 atom stereocenters. The van der Waals surface area contributed by atoms with Crippen molar-refractivity contribution in [3.8, 4) is 0 Å². The molecule has 32 heavy (non-hydrogen) atoms. The second-order valence-corrected chi connectivity index (χ2v) is 9.59. The number of esters is 2. The van der Waals surface area contributed by atoms with Crippen LogP contribution in [0.4, 0.5) is 0 Å². The zero-order valence-electron chi connectivity index (χ0n) is 19.9. The number of benzene rings is 1. The number of carbonyl (C=O) groups excluding carboxylic acids is 2. The molecule has 1 fully saturated rings. The van der Waals surface area contributed by atoms with Crippen LogP contribution < -0.4 is 0 Å². The van der Waals surface area contributed by atoms with Gasteiger partial charge in [0.05, 0.1) is 37.8 Å². The minimum absolute atomic E-state index is 0.0607. The Morgan fingerprint density at radius 1 is 1.22 bits per heavy atom. The molecular weight excluding hydrogens is 412 g/mol. The van der Waals surface area contributed by atoms with Crippen molar-refractivity contribution < 1.29 is 33.6 Å². The van der Waals surface area contributed by atoms with E-state index in [1.165, 1.54) is 0 Å². The molecule has 1 N–H and O–H groups in total. The van der Waals surface area contributed by atoms with Crippen molar-refractivity contribution in [3.05, 3.63) is 35.9 Å². The van der Waals surface area contributed by atoms with E-state index >= 15 is 0 Å². The van der Waals surface area contributed by atoms with Crippen LogP contribution in [0.5, 0.6) is 0 Å². The normalized spacial score (nSPS) is 25.8. The summed E-state index contributed by atoms with van der Waals surface area (Å²) in [5.41, 5.74) is 0.505. The largest absolute Gasteiger partial charge is 0.460 e. The lowest BCUT2D eigenvalue weighted by Gasteiger charge is -2.31. The smallest absolute Gasteiger partial charge is 0.312 e. The van der Waals surface area contributed by atoms with E-state index < -0.39 is 41.8 Å². The zero-order chi connectivity index (χ0) is 23.7. The van der Waals surface area contributed by atoms with Gasteiger partial charge in [-0.1, -0.05) is 30.3 Å². The van der Waals surface area contributed by atoms with Gasteiger partial charge in [0.15, 0.2) is 0 Å². The maximum absolute atomic E-state index is 12.8. The fraction of sp³-hybridized carbons (Fsp3) is 0.680. The van der Waals surface area contributed by atoms with E-state index in [0.29, 0.717) is 26.1 Å². The first-order valence-corrected chi connectivity index (χ1v) is 11.4. The predicted octanol–water partition coefficient (Wildman–Crippen LogP) is 3.31. The Labute approximate surface area is 191 Å². The summed E-state index contributed by atoms with van der Waals surface area (Å²) in [5.74, 6) is -1.75. The molecule has 180 valence electrons. The Bertz CT molecular complexity index is 711. The molecule has 1 aromatic rings. The molecule has 2 rings (SSSR count). The van der Waals surface area contributed by atoms with Gasteiger partial charge in [-0.25, -0.2) is 0 Å². The standard InChI is InChI=1S/C25H38O7/c1-17(26)11-12-30-23-18(2)31-24(28)21(14-22(27)32-25(3,4)5)16-29-15-20(23)13-19-9-7-6-8-10-19/h6-10,17-18,20-21,23,26H,11-16H2,1-5H3/t17?,18-,20-,21-,23-/m0/s1. The van der Waals surface area contributed by atoms with Crippen LogP contribution in [0, 0.1) is 11.8 Å². The average Bonchev–Trinajstić information content (AvgIpc) is 2.72. The van der Waals surface area contributed by atoms with Crippen molar-refractivity contribution in [2.24, 2.45) is 11.8 Å². The highest BCUT2D eigenvalue weighted by atomic mass is 16.6. The van der Waals surface area contributed by atoms with Gasteiger partial charge in [0, 0.05) is 12.5 Å². The molecule has 1 heterocycles. The van der Waals surface area contributed by atoms with Crippen LogP contribution >= 0.6 is 0 Å². The third kappa shape index (κ3) is 9.27. The van der Waals surface area contributed by atoms with Crippen molar-refractivity contribution >= 4 is 11.9 Å². The molecule has 0 aromatic heterocycles. The molecule has 7 heteroatoms. The van der Waals surface area contributed by atoms with Gasteiger partial charge in [0.2, 0.25) is 0 Å². The van der Waals surface area contributed by atoms with E-state index in [4.69, 9.17) is 18.9 Å². The van der Waals surface area contributed by atoms with Gasteiger partial charge >= 0.3 is 11.9 Å². The molecule has 0 radical (unpaired) electrons. The Hall–Kier alpha value is -1.96. The monoisotopic (exact) mass is 450 g/mol. The molecule has 0 bridgehead atoms. The molecule has 7 nitrogen and oxygen atoms in total. The summed E-state index contributed by atoms with van der Waals surface area (Å²) in [6.07, 6.45) is -0.340. The lowest BCUT2D eigenvalue weighted by Crippen LogP contribution is -2.40. The van der Waals surface area contributed by atoms with Crippen LogP contribution in [0.25, 0.3) is 0 Å². The van der Waals surface area contributed by atoms with Gasteiger partial charge in [-0.2, -0.15) is 0 Å². The summed E-state index contributed by atoms with van der Waals surface area (Å²) >= 11 is 0.